The molecule has 0 spiro atoms. The molecule has 0 aliphatic rings. The Morgan fingerprint density at radius 3 is 1.77 bits per heavy atom. The molecule has 2 nitrogen and oxygen atoms in total. The van der Waals surface area contributed by atoms with Crippen LogP contribution in [-0.4, -0.2) is 10.1 Å². The molecule has 2 aromatic carbocycles. The number of halogens is 6. The van der Waals surface area contributed by atoms with E-state index in [-0.39, 0.29) is 26.7 Å². The Hall–Kier alpha value is -0.710. The smallest absolute Gasteiger partial charge is 0.0785 e. The topological polar surface area (TPSA) is 33.1 Å². The number of benzene rings is 2. The maximum Gasteiger partial charge on any atom is 0.0785 e. The van der Waals surface area contributed by atoms with Gasteiger partial charge in [-0.15, -0.1) is 0 Å². The third kappa shape index (κ3) is 3.65. The first kappa shape index (κ1) is 20.0. The number of hydrogen-bond donors (Lipinski definition) is 1. The molecule has 0 saturated heterocycles. The maximum absolute atomic E-state index is 9.68. The molecule has 0 saturated carbocycles. The molecule has 0 fully saturated rings. The van der Waals surface area contributed by atoms with Gasteiger partial charge in [-0.05, 0) is 30.3 Å². The molecule has 3 rings (SSSR count). The van der Waals surface area contributed by atoms with Crippen LogP contribution in [0.2, 0.25) is 30.1 Å². The average Bonchev–Trinajstić information content (AvgIpc) is 2.64. The summed E-state index contributed by atoms with van der Waals surface area (Å²) in [4.78, 5) is 4.61. The molecule has 1 N–H and O–H groups in total. The first-order valence-corrected chi connectivity index (χ1v) is 9.50. The number of rotatable bonds is 3. The van der Waals surface area contributed by atoms with Gasteiger partial charge in [0.15, 0.2) is 0 Å². The van der Waals surface area contributed by atoms with Gasteiger partial charge in [0, 0.05) is 16.7 Å². The summed E-state index contributed by atoms with van der Waals surface area (Å²) >= 11 is 36.9. The predicted molar refractivity (Wildman–Crippen MR) is 111 cm³/mol. The summed E-state index contributed by atoms with van der Waals surface area (Å²) in [5.74, 6) is 0. The summed E-state index contributed by atoms with van der Waals surface area (Å²) in [6.45, 7) is -0.228. The summed E-state index contributed by atoms with van der Waals surface area (Å²) < 4.78 is 0. The SMILES string of the molecule is OCc1ccc(-c2ccc(Cl)c(Cl)c2Cl)nc1-c1ccc(Cl)c(Cl)c1Cl. The van der Waals surface area contributed by atoms with E-state index in [0.717, 1.165) is 0 Å². The molecule has 8 heteroatoms. The quantitative estimate of drug-likeness (QED) is 0.398. The number of pyridine rings is 1. The maximum atomic E-state index is 9.68. The lowest BCUT2D eigenvalue weighted by Crippen LogP contribution is -1.97. The van der Waals surface area contributed by atoms with Gasteiger partial charge in [-0.2, -0.15) is 0 Å². The van der Waals surface area contributed by atoms with Gasteiger partial charge in [-0.25, -0.2) is 4.98 Å². The van der Waals surface area contributed by atoms with Crippen molar-refractivity contribution in [2.24, 2.45) is 0 Å². The molecule has 134 valence electrons. The first-order chi connectivity index (χ1) is 12.3. The van der Waals surface area contributed by atoms with Crippen molar-refractivity contribution in [3.63, 3.8) is 0 Å². The van der Waals surface area contributed by atoms with E-state index in [9.17, 15) is 5.11 Å². The molecule has 1 aromatic heterocycles. The van der Waals surface area contributed by atoms with Gasteiger partial charge in [0.05, 0.1) is 48.1 Å². The normalized spacial score (nSPS) is 11.0. The van der Waals surface area contributed by atoms with Gasteiger partial charge in [0.1, 0.15) is 0 Å². The van der Waals surface area contributed by atoms with Crippen LogP contribution in [0.15, 0.2) is 36.4 Å². The Balaban J connectivity index is 2.24. The lowest BCUT2D eigenvalue weighted by molar-refractivity contribution is 0.282. The molecule has 0 unspecified atom stereocenters. The van der Waals surface area contributed by atoms with E-state index >= 15 is 0 Å². The summed E-state index contributed by atoms with van der Waals surface area (Å²) in [7, 11) is 0. The van der Waals surface area contributed by atoms with Crippen molar-refractivity contribution in [1.82, 2.24) is 4.98 Å². The van der Waals surface area contributed by atoms with Crippen molar-refractivity contribution < 1.29 is 5.11 Å². The van der Waals surface area contributed by atoms with E-state index < -0.39 is 0 Å². The minimum absolute atomic E-state index is 0.217. The predicted octanol–water partition coefficient (Wildman–Crippen LogP) is 7.83. The zero-order valence-electron chi connectivity index (χ0n) is 12.8. The second-order valence-electron chi connectivity index (χ2n) is 5.31. The van der Waals surface area contributed by atoms with Gasteiger partial charge in [-0.3, -0.25) is 0 Å². The highest BCUT2D eigenvalue weighted by atomic mass is 35.5. The van der Waals surface area contributed by atoms with Crippen molar-refractivity contribution in [1.29, 1.82) is 0 Å². The van der Waals surface area contributed by atoms with Crippen LogP contribution in [0.3, 0.4) is 0 Å². The van der Waals surface area contributed by atoms with E-state index in [2.05, 4.69) is 4.98 Å². The van der Waals surface area contributed by atoms with Crippen LogP contribution in [0.4, 0.5) is 0 Å². The molecular weight excluding hydrogens is 459 g/mol. The number of nitrogens with zero attached hydrogens (tertiary/aromatic N) is 1. The van der Waals surface area contributed by atoms with Crippen molar-refractivity contribution in [2.45, 2.75) is 6.61 Å². The second kappa shape index (κ2) is 8.12. The molecule has 3 aromatic rings. The summed E-state index contributed by atoms with van der Waals surface area (Å²) in [6.07, 6.45) is 0. The molecule has 1 heterocycles. The van der Waals surface area contributed by atoms with Gasteiger partial charge in [-0.1, -0.05) is 75.7 Å². The Morgan fingerprint density at radius 2 is 1.19 bits per heavy atom. The standard InChI is InChI=1S/C18H9Cl6NO/c19-11-4-2-9(14(21)16(11)23)13-6-1-8(7-26)18(25-13)10-3-5-12(20)17(24)15(10)22/h1-6,26H,7H2. The summed E-state index contributed by atoms with van der Waals surface area (Å²) in [5.41, 5.74) is 2.73. The van der Waals surface area contributed by atoms with Gasteiger partial charge < -0.3 is 5.11 Å². The minimum Gasteiger partial charge on any atom is -0.392 e. The van der Waals surface area contributed by atoms with Crippen LogP contribution in [0.1, 0.15) is 5.56 Å². The zero-order valence-corrected chi connectivity index (χ0v) is 17.4. The van der Waals surface area contributed by atoms with Crippen LogP contribution in [0.5, 0.6) is 0 Å². The molecule has 0 amide bonds. The lowest BCUT2D eigenvalue weighted by atomic mass is 10.0. The van der Waals surface area contributed by atoms with Crippen LogP contribution < -0.4 is 0 Å². The van der Waals surface area contributed by atoms with E-state index in [1.165, 1.54) is 0 Å². The summed E-state index contributed by atoms with van der Waals surface area (Å²) in [6, 6.07) is 10.1. The first-order valence-electron chi connectivity index (χ1n) is 7.23. The van der Waals surface area contributed by atoms with Crippen LogP contribution in [-0.2, 0) is 6.61 Å². The fraction of sp³-hybridized carbons (Fsp3) is 0.0556. The molecule has 0 atom stereocenters. The van der Waals surface area contributed by atoms with Gasteiger partial charge >= 0.3 is 0 Å². The molecule has 0 radical (unpaired) electrons. The number of aliphatic hydroxyl groups is 1. The van der Waals surface area contributed by atoms with Gasteiger partial charge in [0.25, 0.3) is 0 Å². The number of aliphatic hydroxyl groups excluding tert-OH is 1. The Kier molecular flexibility index (Phi) is 6.25. The molecule has 0 aliphatic heterocycles. The fourth-order valence-electron chi connectivity index (χ4n) is 2.43. The van der Waals surface area contributed by atoms with E-state index in [4.69, 9.17) is 69.6 Å². The molecule has 0 aliphatic carbocycles. The van der Waals surface area contributed by atoms with Crippen molar-refractivity contribution >= 4 is 69.6 Å². The minimum atomic E-state index is -0.228. The Labute approximate surface area is 180 Å². The third-order valence-electron chi connectivity index (χ3n) is 3.75. The number of hydrogen-bond acceptors (Lipinski definition) is 2. The highest BCUT2D eigenvalue weighted by molar-refractivity contribution is 6.49. The highest BCUT2D eigenvalue weighted by Crippen LogP contribution is 2.41. The lowest BCUT2D eigenvalue weighted by Gasteiger charge is -2.13. The number of aromatic nitrogens is 1. The van der Waals surface area contributed by atoms with Crippen LogP contribution in [0.25, 0.3) is 22.5 Å². The summed E-state index contributed by atoms with van der Waals surface area (Å²) in [5, 5.41) is 11.4. The Morgan fingerprint density at radius 1 is 0.654 bits per heavy atom. The zero-order chi connectivity index (χ0) is 19.0. The molecular formula is C18H9Cl6NO. The monoisotopic (exact) mass is 465 g/mol. The van der Waals surface area contributed by atoms with E-state index in [1.807, 2.05) is 0 Å². The van der Waals surface area contributed by atoms with Crippen LogP contribution in [0, 0.1) is 0 Å². The fourth-order valence-corrected chi connectivity index (χ4v) is 3.69. The van der Waals surface area contributed by atoms with Crippen molar-refractivity contribution in [2.75, 3.05) is 0 Å². The van der Waals surface area contributed by atoms with Crippen molar-refractivity contribution in [3.8, 4) is 22.5 Å². The highest BCUT2D eigenvalue weighted by Gasteiger charge is 2.18. The third-order valence-corrected chi connectivity index (χ3v) is 6.34. The van der Waals surface area contributed by atoms with Crippen molar-refractivity contribution in [3.05, 3.63) is 72.1 Å². The average molecular weight is 468 g/mol. The van der Waals surface area contributed by atoms with Crippen LogP contribution >= 0.6 is 69.6 Å². The molecule has 0 bridgehead atoms. The Bertz CT molecular complexity index is 1010. The largest absolute Gasteiger partial charge is 0.392 e. The molecule has 26 heavy (non-hydrogen) atoms. The van der Waals surface area contributed by atoms with E-state index in [1.54, 1.807) is 36.4 Å². The van der Waals surface area contributed by atoms with E-state index in [0.29, 0.717) is 38.1 Å². The second-order valence-corrected chi connectivity index (χ2v) is 7.63. The van der Waals surface area contributed by atoms with Gasteiger partial charge in [0.2, 0.25) is 0 Å².